The summed E-state index contributed by atoms with van der Waals surface area (Å²) in [6.07, 6.45) is 2.18. The number of nitrogens with zero attached hydrogens (tertiary/aromatic N) is 5. The molecular weight excluding hydrogens is 334 g/mol. The monoisotopic (exact) mass is 357 g/mol. The molecule has 8 heteroatoms. The fourth-order valence-electron chi connectivity index (χ4n) is 3.29. The van der Waals surface area contributed by atoms with Crippen molar-refractivity contribution in [1.29, 1.82) is 0 Å². The maximum atomic E-state index is 13.2. The molecule has 3 rings (SSSR count). The molecule has 2 amide bonds. The van der Waals surface area contributed by atoms with E-state index in [1.165, 1.54) is 9.70 Å². The number of benzene rings is 1. The molecule has 1 fully saturated rings. The molecule has 0 saturated carbocycles. The summed E-state index contributed by atoms with van der Waals surface area (Å²) in [5.74, 6) is -0.0964. The molecule has 2 aromatic rings. The molecule has 1 saturated heterocycles. The molecule has 0 radical (unpaired) electrons. The van der Waals surface area contributed by atoms with Gasteiger partial charge in [0.2, 0.25) is 0 Å². The van der Waals surface area contributed by atoms with Gasteiger partial charge in [-0.25, -0.2) is 4.79 Å². The van der Waals surface area contributed by atoms with Gasteiger partial charge in [-0.15, -0.1) is 0 Å². The predicted molar refractivity (Wildman–Crippen MR) is 95.4 cm³/mol. The van der Waals surface area contributed by atoms with Crippen LogP contribution in [0.15, 0.2) is 30.6 Å². The minimum atomic E-state index is -0.948. The molecule has 1 aliphatic heterocycles. The van der Waals surface area contributed by atoms with Crippen molar-refractivity contribution in [3.8, 4) is 5.69 Å². The van der Waals surface area contributed by atoms with E-state index in [1.807, 2.05) is 39.0 Å². The molecule has 1 aromatic carbocycles. The molecule has 2 unspecified atom stereocenters. The Labute approximate surface area is 152 Å². The topological polar surface area (TPSA) is 91.6 Å². The van der Waals surface area contributed by atoms with Crippen molar-refractivity contribution in [3.63, 3.8) is 0 Å². The van der Waals surface area contributed by atoms with Crippen LogP contribution in [0.1, 0.15) is 29.8 Å². The Bertz CT molecular complexity index is 805. The van der Waals surface area contributed by atoms with Gasteiger partial charge in [0.25, 0.3) is 5.91 Å². The highest BCUT2D eigenvalue weighted by Crippen LogP contribution is 2.22. The molecule has 26 heavy (non-hydrogen) atoms. The summed E-state index contributed by atoms with van der Waals surface area (Å²) in [5.41, 5.74) is 2.10. The summed E-state index contributed by atoms with van der Waals surface area (Å²) in [6.45, 7) is 6.95. The van der Waals surface area contributed by atoms with Crippen molar-refractivity contribution in [3.05, 3.63) is 41.7 Å². The Balaban J connectivity index is 1.92. The number of aryl methyl sites for hydroxylation is 1. The molecule has 2 heterocycles. The Hall–Kier alpha value is -2.90. The quantitative estimate of drug-likeness (QED) is 0.888. The molecule has 0 bridgehead atoms. The van der Waals surface area contributed by atoms with E-state index in [2.05, 4.69) is 10.2 Å². The van der Waals surface area contributed by atoms with Crippen LogP contribution >= 0.6 is 0 Å². The zero-order valence-electron chi connectivity index (χ0n) is 15.2. The van der Waals surface area contributed by atoms with Crippen molar-refractivity contribution in [1.82, 2.24) is 24.8 Å². The van der Waals surface area contributed by atoms with Crippen LogP contribution in [-0.2, 0) is 0 Å². The Morgan fingerprint density at radius 3 is 2.50 bits per heavy atom. The van der Waals surface area contributed by atoms with Crippen LogP contribution in [0.25, 0.3) is 5.69 Å². The lowest BCUT2D eigenvalue weighted by Gasteiger charge is -2.27. The molecule has 0 aliphatic carbocycles. The van der Waals surface area contributed by atoms with E-state index >= 15 is 0 Å². The van der Waals surface area contributed by atoms with E-state index < -0.39 is 6.09 Å². The van der Waals surface area contributed by atoms with E-state index in [0.717, 1.165) is 5.56 Å². The maximum Gasteiger partial charge on any atom is 0.407 e. The van der Waals surface area contributed by atoms with Gasteiger partial charge in [0.05, 0.1) is 23.6 Å². The van der Waals surface area contributed by atoms with E-state index in [4.69, 9.17) is 0 Å². The van der Waals surface area contributed by atoms with Gasteiger partial charge in [0.1, 0.15) is 0 Å². The Kier molecular flexibility index (Phi) is 4.92. The molecule has 138 valence electrons. The van der Waals surface area contributed by atoms with E-state index in [-0.39, 0.29) is 17.9 Å². The number of hydrogen-bond acceptors (Lipinski definition) is 4. The fourth-order valence-corrected chi connectivity index (χ4v) is 3.29. The molecule has 1 aliphatic rings. The molecule has 2 atom stereocenters. The molecule has 1 aromatic heterocycles. The first-order valence-electron chi connectivity index (χ1n) is 8.64. The third-order valence-electron chi connectivity index (χ3n) is 4.98. The fraction of sp³-hybridized carbons (Fsp3) is 0.444. The number of carbonyl (C=O) groups is 2. The van der Waals surface area contributed by atoms with Crippen LogP contribution in [0.3, 0.4) is 0 Å². The first kappa shape index (κ1) is 17.9. The smallest absolute Gasteiger partial charge is 0.407 e. The second-order valence-corrected chi connectivity index (χ2v) is 6.78. The van der Waals surface area contributed by atoms with Crippen LogP contribution in [0.4, 0.5) is 4.79 Å². The highest BCUT2D eigenvalue weighted by Gasteiger charge is 2.32. The Morgan fingerprint density at radius 2 is 1.85 bits per heavy atom. The summed E-state index contributed by atoms with van der Waals surface area (Å²) < 4.78 is 0. The number of aromatic nitrogens is 3. The van der Waals surface area contributed by atoms with Crippen LogP contribution in [0, 0.1) is 12.8 Å². The third-order valence-corrected chi connectivity index (χ3v) is 4.98. The highest BCUT2D eigenvalue weighted by molar-refractivity contribution is 5.98. The summed E-state index contributed by atoms with van der Waals surface area (Å²) >= 11 is 0. The minimum absolute atomic E-state index is 0.0358. The average Bonchev–Trinajstić information content (AvgIpc) is 3.09. The lowest BCUT2D eigenvalue weighted by atomic mass is 10.0. The average molecular weight is 357 g/mol. The van der Waals surface area contributed by atoms with Crippen LogP contribution in [0.5, 0.6) is 0 Å². The largest absolute Gasteiger partial charge is 0.465 e. The number of hydrogen-bond donors (Lipinski definition) is 1. The third kappa shape index (κ3) is 3.40. The van der Waals surface area contributed by atoms with Gasteiger partial charge in [-0.05, 0) is 31.9 Å². The van der Waals surface area contributed by atoms with E-state index in [1.54, 1.807) is 17.3 Å². The van der Waals surface area contributed by atoms with Crippen molar-refractivity contribution < 1.29 is 14.7 Å². The summed E-state index contributed by atoms with van der Waals surface area (Å²) in [7, 11) is 0. The first-order valence-corrected chi connectivity index (χ1v) is 8.64. The lowest BCUT2D eigenvalue weighted by Crippen LogP contribution is -2.41. The normalized spacial score (nSPS) is 20.7. The van der Waals surface area contributed by atoms with Gasteiger partial charge in [-0.2, -0.15) is 15.0 Å². The zero-order chi connectivity index (χ0) is 18.8. The van der Waals surface area contributed by atoms with Gasteiger partial charge in [-0.1, -0.05) is 18.6 Å². The van der Waals surface area contributed by atoms with Gasteiger partial charge in [0, 0.05) is 25.7 Å². The number of rotatable bonds is 2. The SMILES string of the molecule is Cc1ccc(-n2nccn2)c(C(=O)N2CCN(C(=O)O)C(C)C(C)C2)c1. The summed E-state index contributed by atoms with van der Waals surface area (Å²) in [6, 6.07) is 5.43. The van der Waals surface area contributed by atoms with Crippen molar-refractivity contribution in [2.45, 2.75) is 26.8 Å². The van der Waals surface area contributed by atoms with Crippen LogP contribution in [-0.4, -0.2) is 67.6 Å². The van der Waals surface area contributed by atoms with Crippen molar-refractivity contribution >= 4 is 12.0 Å². The minimum Gasteiger partial charge on any atom is -0.465 e. The maximum absolute atomic E-state index is 13.2. The summed E-state index contributed by atoms with van der Waals surface area (Å²) in [5, 5.41) is 17.7. The van der Waals surface area contributed by atoms with Gasteiger partial charge >= 0.3 is 6.09 Å². The number of carboxylic acid groups (broad SMARTS) is 1. The molecule has 1 N–H and O–H groups in total. The van der Waals surface area contributed by atoms with Gasteiger partial charge in [0.15, 0.2) is 0 Å². The van der Waals surface area contributed by atoms with Crippen LogP contribution in [0.2, 0.25) is 0 Å². The number of amides is 2. The van der Waals surface area contributed by atoms with Crippen LogP contribution < -0.4 is 0 Å². The van der Waals surface area contributed by atoms with Crippen molar-refractivity contribution in [2.24, 2.45) is 5.92 Å². The van der Waals surface area contributed by atoms with Gasteiger partial charge < -0.3 is 14.9 Å². The van der Waals surface area contributed by atoms with Crippen molar-refractivity contribution in [2.75, 3.05) is 19.6 Å². The second-order valence-electron chi connectivity index (χ2n) is 6.78. The predicted octanol–water partition coefficient (Wildman–Crippen LogP) is 2.04. The molecule has 8 nitrogen and oxygen atoms in total. The highest BCUT2D eigenvalue weighted by atomic mass is 16.4. The Morgan fingerprint density at radius 1 is 1.15 bits per heavy atom. The number of carbonyl (C=O) groups excluding carboxylic acids is 1. The van der Waals surface area contributed by atoms with E-state index in [0.29, 0.717) is 30.9 Å². The second kappa shape index (κ2) is 7.15. The van der Waals surface area contributed by atoms with E-state index in [9.17, 15) is 14.7 Å². The lowest BCUT2D eigenvalue weighted by molar-refractivity contribution is 0.0746. The van der Waals surface area contributed by atoms with Gasteiger partial charge in [-0.3, -0.25) is 4.79 Å². The first-order chi connectivity index (χ1) is 12.4. The molecule has 0 spiro atoms. The molecular formula is C18H23N5O3. The standard InChI is InChI=1S/C18H23N5O3/c1-12-4-5-16(23-19-6-7-20-23)15(10-12)17(24)21-8-9-22(18(25)26)14(3)13(2)11-21/h4-7,10,13-14H,8-9,11H2,1-3H3,(H,25,26). The summed E-state index contributed by atoms with van der Waals surface area (Å²) in [4.78, 5) is 29.3. The zero-order valence-corrected chi connectivity index (χ0v) is 15.2.